The summed E-state index contributed by atoms with van der Waals surface area (Å²) in [6.45, 7) is 12.1. The molecule has 2 aromatic rings. The number of aryl methyl sites for hydroxylation is 1. The van der Waals surface area contributed by atoms with Crippen LogP contribution >= 0.6 is 0 Å². The molecule has 0 aliphatic rings. The first-order valence-corrected chi connectivity index (χ1v) is 8.02. The molecule has 0 unspecified atom stereocenters. The van der Waals surface area contributed by atoms with Crippen molar-refractivity contribution < 1.29 is 4.39 Å². The van der Waals surface area contributed by atoms with Gasteiger partial charge < -0.3 is 5.32 Å². The summed E-state index contributed by atoms with van der Waals surface area (Å²) in [5.41, 5.74) is 5.07. The quantitative estimate of drug-likeness (QED) is 0.634. The van der Waals surface area contributed by atoms with Crippen LogP contribution in [0.4, 0.5) is 10.1 Å². The molecule has 23 heavy (non-hydrogen) atoms. The molecule has 0 fully saturated rings. The molecule has 0 radical (unpaired) electrons. The lowest BCUT2D eigenvalue weighted by atomic mass is 10.00. The number of halogens is 1. The van der Waals surface area contributed by atoms with E-state index in [0.29, 0.717) is 11.4 Å². The number of allylic oxidation sites excluding steroid dienone is 1. The predicted octanol–water partition coefficient (Wildman–Crippen LogP) is 6.28. The average molecular weight is 309 g/mol. The first kappa shape index (κ1) is 17.0. The zero-order chi connectivity index (χ0) is 16.8. The van der Waals surface area contributed by atoms with Crippen LogP contribution in [-0.4, -0.2) is 0 Å². The van der Waals surface area contributed by atoms with E-state index in [-0.39, 0.29) is 5.82 Å². The summed E-state index contributed by atoms with van der Waals surface area (Å²) in [5.74, 6) is -0.243. The maximum atomic E-state index is 14.3. The van der Waals surface area contributed by atoms with Gasteiger partial charge in [-0.1, -0.05) is 62.4 Å². The molecule has 0 bridgehead atoms. The van der Waals surface area contributed by atoms with Crippen LogP contribution < -0.4 is 5.32 Å². The topological polar surface area (TPSA) is 12.0 Å². The van der Waals surface area contributed by atoms with Crippen LogP contribution in [0.25, 0.3) is 11.3 Å². The summed E-state index contributed by atoms with van der Waals surface area (Å²) < 4.78 is 14.3. The molecule has 120 valence electrons. The lowest BCUT2D eigenvalue weighted by Gasteiger charge is -2.15. The fraction of sp³-hybridized carbons (Fsp3) is 0.238. The Morgan fingerprint density at radius 2 is 1.78 bits per heavy atom. The number of hydrogen-bond acceptors (Lipinski definition) is 1. The van der Waals surface area contributed by atoms with Crippen molar-refractivity contribution in [3.63, 3.8) is 0 Å². The van der Waals surface area contributed by atoms with Gasteiger partial charge in [0.05, 0.1) is 5.69 Å². The van der Waals surface area contributed by atoms with Crippen LogP contribution in [0.15, 0.2) is 55.6 Å². The van der Waals surface area contributed by atoms with Crippen molar-refractivity contribution >= 4 is 17.0 Å². The van der Waals surface area contributed by atoms with Crippen LogP contribution in [0, 0.1) is 5.82 Å². The molecule has 2 rings (SSSR count). The van der Waals surface area contributed by atoms with Crippen molar-refractivity contribution in [3.05, 3.63) is 78.1 Å². The van der Waals surface area contributed by atoms with Crippen molar-refractivity contribution in [2.75, 3.05) is 5.32 Å². The first-order chi connectivity index (χ1) is 11.0. The van der Waals surface area contributed by atoms with Gasteiger partial charge in [0, 0.05) is 11.3 Å². The third-order valence-corrected chi connectivity index (χ3v) is 3.85. The van der Waals surface area contributed by atoms with Crippen molar-refractivity contribution in [2.24, 2.45) is 0 Å². The summed E-state index contributed by atoms with van der Waals surface area (Å²) >= 11 is 0. The number of nitrogens with one attached hydrogen (secondary N) is 1. The molecule has 0 spiro atoms. The van der Waals surface area contributed by atoms with Gasteiger partial charge in [-0.15, -0.1) is 0 Å². The van der Waals surface area contributed by atoms with Crippen molar-refractivity contribution in [3.8, 4) is 0 Å². The minimum absolute atomic E-state index is 0.243. The summed E-state index contributed by atoms with van der Waals surface area (Å²) in [6.07, 6.45) is 3.09. The predicted molar refractivity (Wildman–Crippen MR) is 98.8 cm³/mol. The van der Waals surface area contributed by atoms with Gasteiger partial charge in [0.25, 0.3) is 0 Å². The monoisotopic (exact) mass is 309 g/mol. The van der Waals surface area contributed by atoms with E-state index >= 15 is 0 Å². The molecule has 0 amide bonds. The smallest absolute Gasteiger partial charge is 0.146 e. The van der Waals surface area contributed by atoms with Gasteiger partial charge in [-0.05, 0) is 43.0 Å². The molecule has 0 aromatic heterocycles. The Hall–Kier alpha value is -2.35. The molecule has 1 N–H and O–H groups in total. The summed E-state index contributed by atoms with van der Waals surface area (Å²) in [6, 6.07) is 13.2. The molecule has 2 heteroatoms. The van der Waals surface area contributed by atoms with Crippen LogP contribution in [0.3, 0.4) is 0 Å². The molecule has 0 saturated carbocycles. The summed E-state index contributed by atoms with van der Waals surface area (Å²) in [7, 11) is 0. The number of rotatable bonds is 7. The van der Waals surface area contributed by atoms with Gasteiger partial charge in [0.15, 0.2) is 0 Å². The Kier molecular flexibility index (Phi) is 5.75. The molecular weight excluding hydrogens is 285 g/mol. The van der Waals surface area contributed by atoms with E-state index in [0.717, 1.165) is 41.5 Å². The molecule has 0 heterocycles. The van der Waals surface area contributed by atoms with Gasteiger partial charge >= 0.3 is 0 Å². The van der Waals surface area contributed by atoms with Crippen molar-refractivity contribution in [1.29, 1.82) is 0 Å². The fourth-order valence-corrected chi connectivity index (χ4v) is 2.54. The van der Waals surface area contributed by atoms with Gasteiger partial charge in [0.2, 0.25) is 0 Å². The number of unbranched alkanes of at least 4 members (excludes halogenated alkanes) is 1. The molecule has 0 aliphatic carbocycles. The highest BCUT2D eigenvalue weighted by atomic mass is 19.1. The Morgan fingerprint density at radius 3 is 2.39 bits per heavy atom. The van der Waals surface area contributed by atoms with Gasteiger partial charge in [-0.25, -0.2) is 4.39 Å². The van der Waals surface area contributed by atoms with E-state index in [1.165, 1.54) is 0 Å². The van der Waals surface area contributed by atoms with Crippen LogP contribution in [0.5, 0.6) is 0 Å². The Morgan fingerprint density at radius 1 is 1.09 bits per heavy atom. The number of hydrogen-bond donors (Lipinski definition) is 1. The average Bonchev–Trinajstić information content (AvgIpc) is 2.55. The standard InChI is InChI=1S/C21H24FN/c1-5-6-9-17-12-13-21(20(22)14-17)23-16(4)19-11-8-7-10-18(19)15(2)3/h7-8,10-14,23H,2,4-6,9H2,1,3H3. The minimum atomic E-state index is -0.243. The molecule has 0 atom stereocenters. The van der Waals surface area contributed by atoms with E-state index in [4.69, 9.17) is 0 Å². The van der Waals surface area contributed by atoms with Crippen LogP contribution in [0.1, 0.15) is 43.4 Å². The summed E-state index contributed by atoms with van der Waals surface area (Å²) in [4.78, 5) is 0. The van der Waals surface area contributed by atoms with E-state index in [9.17, 15) is 4.39 Å². The van der Waals surface area contributed by atoms with Gasteiger partial charge in [-0.2, -0.15) is 0 Å². The highest BCUT2D eigenvalue weighted by molar-refractivity contribution is 5.82. The van der Waals surface area contributed by atoms with Gasteiger partial charge in [0.1, 0.15) is 5.82 Å². The van der Waals surface area contributed by atoms with E-state index in [2.05, 4.69) is 25.4 Å². The maximum absolute atomic E-state index is 14.3. The van der Waals surface area contributed by atoms with Crippen LogP contribution in [0.2, 0.25) is 0 Å². The van der Waals surface area contributed by atoms with E-state index in [1.807, 2.05) is 37.3 Å². The molecule has 0 saturated heterocycles. The zero-order valence-electron chi connectivity index (χ0n) is 14.0. The van der Waals surface area contributed by atoms with Crippen molar-refractivity contribution in [1.82, 2.24) is 0 Å². The largest absolute Gasteiger partial charge is 0.353 e. The normalized spacial score (nSPS) is 10.4. The molecule has 0 aliphatic heterocycles. The van der Waals surface area contributed by atoms with Crippen LogP contribution in [-0.2, 0) is 6.42 Å². The SMILES string of the molecule is C=C(C)c1ccccc1C(=C)Nc1ccc(CCCC)cc1F. The first-order valence-electron chi connectivity index (χ1n) is 8.02. The number of anilines is 1. The Balaban J connectivity index is 2.19. The summed E-state index contributed by atoms with van der Waals surface area (Å²) in [5, 5.41) is 3.09. The second-order valence-electron chi connectivity index (χ2n) is 5.85. The highest BCUT2D eigenvalue weighted by Gasteiger charge is 2.09. The third-order valence-electron chi connectivity index (χ3n) is 3.85. The number of benzene rings is 2. The highest BCUT2D eigenvalue weighted by Crippen LogP contribution is 2.26. The van der Waals surface area contributed by atoms with E-state index < -0.39 is 0 Å². The molecule has 2 aromatic carbocycles. The molecular formula is C21H24FN. The third kappa shape index (κ3) is 4.32. The second-order valence-corrected chi connectivity index (χ2v) is 5.85. The fourth-order valence-electron chi connectivity index (χ4n) is 2.54. The zero-order valence-corrected chi connectivity index (χ0v) is 14.0. The lowest BCUT2D eigenvalue weighted by molar-refractivity contribution is 0.628. The molecule has 1 nitrogen and oxygen atoms in total. The minimum Gasteiger partial charge on any atom is -0.353 e. The van der Waals surface area contributed by atoms with E-state index in [1.54, 1.807) is 12.1 Å². The Labute approximate surface area is 138 Å². The van der Waals surface area contributed by atoms with Gasteiger partial charge in [-0.3, -0.25) is 0 Å². The second kappa shape index (κ2) is 7.77. The van der Waals surface area contributed by atoms with Crippen molar-refractivity contribution in [2.45, 2.75) is 33.1 Å². The maximum Gasteiger partial charge on any atom is 0.146 e. The Bertz CT molecular complexity index is 716. The lowest BCUT2D eigenvalue weighted by Crippen LogP contribution is -2.02.